The number of hydrogen-bond donors (Lipinski definition) is 1. The summed E-state index contributed by atoms with van der Waals surface area (Å²) in [5.74, 6) is -0.314. The summed E-state index contributed by atoms with van der Waals surface area (Å²) >= 11 is 1.63. The highest BCUT2D eigenvalue weighted by Gasteiger charge is 2.08. The number of rotatable bonds is 5. The first kappa shape index (κ1) is 15.2. The second-order valence-electron chi connectivity index (χ2n) is 4.91. The Morgan fingerprint density at radius 1 is 1.26 bits per heavy atom. The van der Waals surface area contributed by atoms with Crippen LogP contribution in [0.2, 0.25) is 0 Å². The van der Waals surface area contributed by atoms with Gasteiger partial charge in [0, 0.05) is 36.8 Å². The molecule has 0 atom stereocenters. The zero-order valence-electron chi connectivity index (χ0n) is 12.5. The lowest BCUT2D eigenvalue weighted by atomic mass is 10.2. The van der Waals surface area contributed by atoms with Crippen LogP contribution >= 0.6 is 11.3 Å². The van der Waals surface area contributed by atoms with Gasteiger partial charge >= 0.3 is 0 Å². The van der Waals surface area contributed by atoms with Gasteiger partial charge in [-0.3, -0.25) is 14.3 Å². The summed E-state index contributed by atoms with van der Waals surface area (Å²) in [6.07, 6.45) is 1.88. The first-order valence-electron chi connectivity index (χ1n) is 7.02. The van der Waals surface area contributed by atoms with Gasteiger partial charge in [-0.1, -0.05) is 0 Å². The minimum absolute atomic E-state index is 0.214. The lowest BCUT2D eigenvalue weighted by Gasteiger charge is -2.05. The predicted molar refractivity (Wildman–Crippen MR) is 87.4 cm³/mol. The van der Waals surface area contributed by atoms with E-state index in [0.717, 1.165) is 15.9 Å². The third kappa shape index (κ3) is 3.54. The van der Waals surface area contributed by atoms with Crippen molar-refractivity contribution in [1.82, 2.24) is 24.9 Å². The van der Waals surface area contributed by atoms with Gasteiger partial charge in [0.1, 0.15) is 5.69 Å². The Kier molecular flexibility index (Phi) is 4.33. The minimum atomic E-state index is -0.314. The Morgan fingerprint density at radius 3 is 2.87 bits per heavy atom. The molecule has 0 saturated heterocycles. The van der Waals surface area contributed by atoms with Crippen LogP contribution in [0.4, 0.5) is 0 Å². The van der Waals surface area contributed by atoms with E-state index >= 15 is 0 Å². The van der Waals surface area contributed by atoms with Gasteiger partial charge in [-0.05, 0) is 23.6 Å². The van der Waals surface area contributed by atoms with Crippen molar-refractivity contribution in [2.24, 2.45) is 7.05 Å². The molecule has 7 nitrogen and oxygen atoms in total. The number of amides is 1. The van der Waals surface area contributed by atoms with E-state index in [0.29, 0.717) is 13.1 Å². The lowest BCUT2D eigenvalue weighted by molar-refractivity contribution is 0.0944. The van der Waals surface area contributed by atoms with Crippen LogP contribution in [0.1, 0.15) is 10.5 Å². The Labute approximate surface area is 136 Å². The van der Waals surface area contributed by atoms with Crippen molar-refractivity contribution in [2.45, 2.75) is 6.54 Å². The first-order chi connectivity index (χ1) is 11.1. The number of nitrogens with zero attached hydrogens (tertiary/aromatic N) is 4. The summed E-state index contributed by atoms with van der Waals surface area (Å²) in [6, 6.07) is 6.70. The molecule has 3 heterocycles. The fourth-order valence-electron chi connectivity index (χ4n) is 2.05. The van der Waals surface area contributed by atoms with Gasteiger partial charge in [0.2, 0.25) is 0 Å². The van der Waals surface area contributed by atoms with Crippen LogP contribution in [0.3, 0.4) is 0 Å². The van der Waals surface area contributed by atoms with E-state index in [4.69, 9.17) is 0 Å². The summed E-state index contributed by atoms with van der Waals surface area (Å²) in [4.78, 5) is 23.2. The van der Waals surface area contributed by atoms with Crippen LogP contribution in [-0.4, -0.2) is 32.0 Å². The average molecular weight is 329 g/mol. The first-order valence-corrected chi connectivity index (χ1v) is 7.96. The number of carbonyl (C=O) groups excluding carboxylic acids is 1. The van der Waals surface area contributed by atoms with Crippen molar-refractivity contribution < 1.29 is 4.79 Å². The molecule has 0 saturated carbocycles. The molecule has 0 aliphatic rings. The monoisotopic (exact) mass is 329 g/mol. The average Bonchev–Trinajstić information content (AvgIpc) is 3.20. The molecule has 3 aromatic rings. The summed E-state index contributed by atoms with van der Waals surface area (Å²) in [6.45, 7) is 0.982. The van der Waals surface area contributed by atoms with Crippen LogP contribution in [0, 0.1) is 0 Å². The quantitative estimate of drug-likeness (QED) is 0.761. The molecule has 0 aliphatic heterocycles. The van der Waals surface area contributed by atoms with Crippen LogP contribution in [0.5, 0.6) is 0 Å². The van der Waals surface area contributed by atoms with Crippen LogP contribution < -0.4 is 10.9 Å². The number of thiophene rings is 1. The molecular weight excluding hydrogens is 314 g/mol. The topological polar surface area (TPSA) is 81.8 Å². The second kappa shape index (κ2) is 6.57. The van der Waals surface area contributed by atoms with E-state index < -0.39 is 0 Å². The maximum absolute atomic E-state index is 12.0. The SMILES string of the molecule is Cn1nc(C(=O)NCCn2ccc(-c3ccsc3)n2)ccc1=O. The molecule has 0 bridgehead atoms. The molecular formula is C15H15N5O2S. The van der Waals surface area contributed by atoms with Gasteiger partial charge in [-0.15, -0.1) is 0 Å². The molecule has 0 radical (unpaired) electrons. The van der Waals surface area contributed by atoms with E-state index in [9.17, 15) is 9.59 Å². The molecule has 23 heavy (non-hydrogen) atoms. The van der Waals surface area contributed by atoms with Crippen LogP contribution in [0.15, 0.2) is 46.0 Å². The van der Waals surface area contributed by atoms with Crippen molar-refractivity contribution in [1.29, 1.82) is 0 Å². The highest BCUT2D eigenvalue weighted by Crippen LogP contribution is 2.19. The number of aromatic nitrogens is 4. The fraction of sp³-hybridized carbons (Fsp3) is 0.200. The van der Waals surface area contributed by atoms with E-state index in [2.05, 4.69) is 15.5 Å². The van der Waals surface area contributed by atoms with Crippen molar-refractivity contribution in [2.75, 3.05) is 6.54 Å². The molecule has 3 aromatic heterocycles. The fourth-order valence-corrected chi connectivity index (χ4v) is 2.70. The number of carbonyl (C=O) groups is 1. The highest BCUT2D eigenvalue weighted by atomic mass is 32.1. The molecule has 1 N–H and O–H groups in total. The van der Waals surface area contributed by atoms with Crippen molar-refractivity contribution in [3.05, 3.63) is 57.3 Å². The van der Waals surface area contributed by atoms with E-state index in [1.54, 1.807) is 16.0 Å². The van der Waals surface area contributed by atoms with Crippen LogP contribution in [-0.2, 0) is 13.6 Å². The molecule has 0 fully saturated rings. The molecule has 0 aliphatic carbocycles. The van der Waals surface area contributed by atoms with Gasteiger partial charge in [-0.25, -0.2) is 4.68 Å². The van der Waals surface area contributed by atoms with Gasteiger partial charge in [0.05, 0.1) is 12.2 Å². The zero-order valence-corrected chi connectivity index (χ0v) is 13.3. The maximum Gasteiger partial charge on any atom is 0.271 e. The number of aryl methyl sites for hydroxylation is 1. The largest absolute Gasteiger partial charge is 0.349 e. The highest BCUT2D eigenvalue weighted by molar-refractivity contribution is 7.08. The Hall–Kier alpha value is -2.74. The Morgan fingerprint density at radius 2 is 2.13 bits per heavy atom. The molecule has 1 amide bonds. The van der Waals surface area contributed by atoms with Crippen LogP contribution in [0.25, 0.3) is 11.3 Å². The summed E-state index contributed by atoms with van der Waals surface area (Å²) in [5, 5.41) is 15.2. The second-order valence-corrected chi connectivity index (χ2v) is 5.69. The zero-order chi connectivity index (χ0) is 16.2. The molecule has 0 aromatic carbocycles. The van der Waals surface area contributed by atoms with E-state index in [-0.39, 0.29) is 17.2 Å². The number of nitrogens with one attached hydrogen (secondary N) is 1. The molecule has 8 heteroatoms. The van der Waals surface area contributed by atoms with Crippen molar-refractivity contribution >= 4 is 17.2 Å². The minimum Gasteiger partial charge on any atom is -0.349 e. The normalized spacial score (nSPS) is 10.7. The Bertz CT molecular complexity index is 866. The van der Waals surface area contributed by atoms with Gasteiger partial charge in [0.15, 0.2) is 0 Å². The van der Waals surface area contributed by atoms with Gasteiger partial charge in [0.25, 0.3) is 11.5 Å². The van der Waals surface area contributed by atoms with Gasteiger partial charge < -0.3 is 5.32 Å². The predicted octanol–water partition coefficient (Wildman–Crippen LogP) is 1.14. The Balaban J connectivity index is 1.56. The van der Waals surface area contributed by atoms with E-state index in [1.165, 1.54) is 19.2 Å². The molecule has 3 rings (SSSR count). The molecule has 0 spiro atoms. The summed E-state index contributed by atoms with van der Waals surface area (Å²) in [5.41, 5.74) is 1.97. The van der Waals surface area contributed by atoms with Crippen molar-refractivity contribution in [3.8, 4) is 11.3 Å². The van der Waals surface area contributed by atoms with E-state index in [1.807, 2.05) is 29.1 Å². The van der Waals surface area contributed by atoms with Crippen molar-refractivity contribution in [3.63, 3.8) is 0 Å². The molecule has 0 unspecified atom stereocenters. The summed E-state index contributed by atoms with van der Waals surface area (Å²) < 4.78 is 2.91. The van der Waals surface area contributed by atoms with Gasteiger partial charge in [-0.2, -0.15) is 21.5 Å². The third-order valence-electron chi connectivity index (χ3n) is 3.28. The number of hydrogen-bond acceptors (Lipinski definition) is 5. The lowest BCUT2D eigenvalue weighted by Crippen LogP contribution is -2.30. The standard InChI is InChI=1S/C15H15N5O2S/c1-19-14(21)3-2-13(17-19)15(22)16-6-8-20-7-4-12(18-20)11-5-9-23-10-11/h2-5,7,9-10H,6,8H2,1H3,(H,16,22). The third-order valence-corrected chi connectivity index (χ3v) is 3.96. The smallest absolute Gasteiger partial charge is 0.271 e. The maximum atomic E-state index is 12.0. The molecule has 118 valence electrons. The summed E-state index contributed by atoms with van der Waals surface area (Å²) in [7, 11) is 1.51.